The predicted molar refractivity (Wildman–Crippen MR) is 223 cm³/mol. The first-order valence-electron chi connectivity index (χ1n) is 20.2. The summed E-state index contributed by atoms with van der Waals surface area (Å²) in [7, 11) is 1.42. The first-order chi connectivity index (χ1) is 28.3. The maximum absolute atomic E-state index is 14.4. The molecule has 0 aromatic heterocycles. The molecule has 0 fully saturated rings. The van der Waals surface area contributed by atoms with Crippen molar-refractivity contribution in [2.24, 2.45) is 28.8 Å². The first-order valence-corrected chi connectivity index (χ1v) is 20.2. The number of ether oxygens (including phenoxy) is 4. The van der Waals surface area contributed by atoms with Gasteiger partial charge in [0.15, 0.2) is 5.75 Å². The van der Waals surface area contributed by atoms with Crippen LogP contribution in [0.2, 0.25) is 0 Å². The third kappa shape index (κ3) is 10.1. The monoisotopic (exact) mass is 840 g/mol. The summed E-state index contributed by atoms with van der Waals surface area (Å²) in [5.74, 6) is -8.74. The van der Waals surface area contributed by atoms with Gasteiger partial charge in [-0.2, -0.15) is 0 Å². The number of anilines is 1. The van der Waals surface area contributed by atoms with Crippen molar-refractivity contribution in [1.29, 1.82) is 0 Å². The highest BCUT2D eigenvalue weighted by atomic mass is 16.7. The number of ketones is 1. The Labute approximate surface area is 350 Å². The SMILES string of the molecule is CO[C@H]1/C=C/O[C@@]2(C)Oc3c(C)c(O)c4c(O)c(c(/C=N/OCCCCCCO)c(O)c4c3C2=O)NC(=O)/C(C)=C\C=C\[C@H](C)[C@H](O)[C@@H](C)[C@@H](O)[C@@H](C)[C@H](OC(C)=O)[C@@H]1C. The normalized spacial score (nSPS) is 29.8. The fourth-order valence-electron chi connectivity index (χ4n) is 7.65. The molecule has 0 aliphatic carbocycles. The Morgan fingerprint density at radius 3 is 2.27 bits per heavy atom. The largest absolute Gasteiger partial charge is 0.507 e. The van der Waals surface area contributed by atoms with Gasteiger partial charge in [-0.15, -0.1) is 0 Å². The Bertz CT molecular complexity index is 2030. The molecule has 330 valence electrons. The fourth-order valence-corrected chi connectivity index (χ4v) is 7.65. The number of aliphatic hydroxyl groups is 3. The number of amides is 1. The number of benzene rings is 2. The number of unbranched alkanes of at least 4 members (excludes halogenated alkanes) is 3. The maximum atomic E-state index is 14.4. The lowest BCUT2D eigenvalue weighted by Crippen LogP contribution is -2.46. The number of nitrogens with zero attached hydrogens (tertiary/aromatic N) is 1. The highest BCUT2D eigenvalue weighted by molar-refractivity contribution is 6.23. The molecule has 7 N–H and O–H groups in total. The summed E-state index contributed by atoms with van der Waals surface area (Å²) < 4.78 is 23.5. The van der Waals surface area contributed by atoms with E-state index >= 15 is 0 Å². The molecular weight excluding hydrogens is 780 g/mol. The van der Waals surface area contributed by atoms with Crippen LogP contribution < -0.4 is 10.1 Å². The van der Waals surface area contributed by atoms with Crippen molar-refractivity contribution in [1.82, 2.24) is 0 Å². The lowest BCUT2D eigenvalue weighted by Gasteiger charge is -2.38. The second kappa shape index (κ2) is 20.4. The van der Waals surface area contributed by atoms with Gasteiger partial charge in [0, 0.05) is 67.8 Å². The molecular formula is C44H60N2O14. The summed E-state index contributed by atoms with van der Waals surface area (Å²) in [6, 6.07) is 0. The first kappa shape index (κ1) is 47.5. The number of oxime groups is 1. The van der Waals surface area contributed by atoms with E-state index in [0.717, 1.165) is 19.1 Å². The number of phenols is 3. The standard InChI is InChI=1S/C44H60N2O14/c1-22-15-14-16-23(2)43(55)46-34-29(21-45-58-19-13-11-10-12-18-47)38(52)31-32(39(34)53)37(51)27(6)41-33(31)42(54)44(8,60-41)57-20-17-30(56-9)24(3)40(59-28(7)48)26(5)36(50)25(4)35(22)49/h14-17,20-22,24-26,30,35-36,40,47,49-53H,10-13,18-19H2,1-9H3,(H,46,55)/b15-14+,20-17+,23-16-,45-21+/t22-,24+,25+,26+,30-,35-,36+,40+,44-/m0/s1. The Balaban J connectivity index is 1.92. The molecule has 1 amide bonds. The summed E-state index contributed by atoms with van der Waals surface area (Å²) in [5, 5.41) is 73.1. The number of Topliss-reactive ketones (excluding diaryl/α,β-unsaturated/α-hetero) is 1. The molecule has 5 rings (SSSR count). The lowest BCUT2D eigenvalue weighted by molar-refractivity contribution is -0.160. The van der Waals surface area contributed by atoms with Crippen molar-refractivity contribution in [2.75, 3.05) is 25.6 Å². The van der Waals surface area contributed by atoms with E-state index in [4.69, 9.17) is 28.9 Å². The number of allylic oxidation sites excluding steroid dienone is 2. The number of carbonyl (C=O) groups excluding carboxylic acids is 3. The zero-order valence-corrected chi connectivity index (χ0v) is 35.7. The van der Waals surface area contributed by atoms with Crippen LogP contribution in [0.1, 0.15) is 95.6 Å². The molecule has 5 bridgehead atoms. The minimum Gasteiger partial charge on any atom is -0.507 e. The Hall–Kier alpha value is -5.16. The minimum absolute atomic E-state index is 0.0255. The van der Waals surface area contributed by atoms with Gasteiger partial charge >= 0.3 is 11.8 Å². The molecule has 0 spiro atoms. The molecule has 3 heterocycles. The van der Waals surface area contributed by atoms with E-state index in [9.17, 15) is 39.9 Å². The number of aromatic hydroxyl groups is 3. The van der Waals surface area contributed by atoms with Crippen molar-refractivity contribution in [3.8, 4) is 23.0 Å². The van der Waals surface area contributed by atoms with E-state index in [2.05, 4.69) is 10.5 Å². The van der Waals surface area contributed by atoms with Gasteiger partial charge < -0.3 is 59.7 Å². The number of methoxy groups -OCH3 is 1. The minimum atomic E-state index is -2.07. The molecule has 16 heteroatoms. The second-order valence-corrected chi connectivity index (χ2v) is 15.8. The van der Waals surface area contributed by atoms with Crippen LogP contribution in [0.5, 0.6) is 23.0 Å². The van der Waals surface area contributed by atoms with Crippen LogP contribution in [0, 0.1) is 30.6 Å². The van der Waals surface area contributed by atoms with E-state index in [-0.39, 0.29) is 57.7 Å². The fraction of sp³-hybridized carbons (Fsp3) is 0.545. The molecule has 0 unspecified atom stereocenters. The summed E-state index contributed by atoms with van der Waals surface area (Å²) >= 11 is 0. The van der Waals surface area contributed by atoms with Gasteiger partial charge in [-0.25, -0.2) is 0 Å². The highest BCUT2D eigenvalue weighted by Gasteiger charge is 2.50. The molecule has 3 aliphatic heterocycles. The molecule has 16 nitrogen and oxygen atoms in total. The Morgan fingerprint density at radius 1 is 0.933 bits per heavy atom. The van der Waals surface area contributed by atoms with Gasteiger partial charge in [-0.05, 0) is 39.2 Å². The highest BCUT2D eigenvalue weighted by Crippen LogP contribution is 2.55. The number of esters is 1. The molecule has 3 aliphatic rings. The van der Waals surface area contributed by atoms with Crippen LogP contribution in [0.4, 0.5) is 5.69 Å². The Kier molecular flexibility index (Phi) is 16.2. The number of rotatable bonds is 10. The third-order valence-corrected chi connectivity index (χ3v) is 11.4. The van der Waals surface area contributed by atoms with Crippen LogP contribution >= 0.6 is 0 Å². The van der Waals surface area contributed by atoms with E-state index in [0.29, 0.717) is 12.8 Å². The molecule has 0 saturated heterocycles. The summed E-state index contributed by atoms with van der Waals surface area (Å²) in [5.41, 5.74) is -0.664. The van der Waals surface area contributed by atoms with Gasteiger partial charge in [0.1, 0.15) is 30.0 Å². The van der Waals surface area contributed by atoms with Gasteiger partial charge in [0.05, 0.1) is 53.0 Å². The van der Waals surface area contributed by atoms with Crippen LogP contribution in [0.15, 0.2) is 41.3 Å². The van der Waals surface area contributed by atoms with Crippen molar-refractivity contribution >= 4 is 40.3 Å². The number of hydrogen-bond donors (Lipinski definition) is 7. The van der Waals surface area contributed by atoms with E-state index in [1.165, 1.54) is 53.2 Å². The molecule has 2 aromatic rings. The average Bonchev–Trinajstić information content (AvgIpc) is 3.47. The summed E-state index contributed by atoms with van der Waals surface area (Å²) in [6.07, 6.45) is 7.26. The van der Waals surface area contributed by atoms with E-state index in [1.54, 1.807) is 39.8 Å². The second-order valence-electron chi connectivity index (χ2n) is 15.8. The Morgan fingerprint density at radius 2 is 1.62 bits per heavy atom. The van der Waals surface area contributed by atoms with Crippen molar-refractivity contribution in [3.05, 3.63) is 52.8 Å². The molecule has 9 atom stereocenters. The lowest BCUT2D eigenvalue weighted by atomic mass is 9.78. The van der Waals surface area contributed by atoms with Crippen LogP contribution in [0.25, 0.3) is 10.8 Å². The maximum Gasteiger partial charge on any atom is 0.312 e. The number of aliphatic hydroxyl groups excluding tert-OH is 3. The van der Waals surface area contributed by atoms with Crippen molar-refractivity contribution in [3.63, 3.8) is 0 Å². The number of fused-ring (bicyclic) bond motifs is 14. The quantitative estimate of drug-likeness (QED) is 0.0382. The zero-order valence-electron chi connectivity index (χ0n) is 35.7. The number of nitrogens with one attached hydrogen (secondary N) is 1. The van der Waals surface area contributed by atoms with Gasteiger partial charge in [0.25, 0.3) is 11.7 Å². The molecule has 0 radical (unpaired) electrons. The predicted octanol–water partition coefficient (Wildman–Crippen LogP) is 5.66. The number of phenolic OH excluding ortho intramolecular Hbond substituents is 3. The van der Waals surface area contributed by atoms with Crippen molar-refractivity contribution in [2.45, 2.75) is 111 Å². The number of hydrogen-bond acceptors (Lipinski definition) is 15. The summed E-state index contributed by atoms with van der Waals surface area (Å²) in [6.45, 7) is 12.6. The average molecular weight is 841 g/mol. The number of carbonyl (C=O) groups is 3. The van der Waals surface area contributed by atoms with E-state index in [1.807, 2.05) is 0 Å². The van der Waals surface area contributed by atoms with Crippen molar-refractivity contribution < 1.29 is 68.8 Å². The van der Waals surface area contributed by atoms with Crippen LogP contribution in [-0.4, -0.2) is 105 Å². The van der Waals surface area contributed by atoms with Gasteiger partial charge in [-0.3, -0.25) is 14.4 Å². The van der Waals surface area contributed by atoms with Crippen LogP contribution in [-0.2, 0) is 28.6 Å². The molecule has 2 aromatic carbocycles. The molecule has 0 saturated carbocycles. The van der Waals surface area contributed by atoms with Gasteiger partial charge in [-0.1, -0.05) is 57.5 Å². The topological polar surface area (TPSA) is 243 Å². The van der Waals surface area contributed by atoms with Crippen LogP contribution in [0.3, 0.4) is 0 Å². The van der Waals surface area contributed by atoms with Gasteiger partial charge in [0.2, 0.25) is 0 Å². The van der Waals surface area contributed by atoms with E-state index < -0.39 is 88.8 Å². The molecule has 60 heavy (non-hydrogen) atoms. The third-order valence-electron chi connectivity index (χ3n) is 11.4. The zero-order chi connectivity index (χ0) is 44.6. The smallest absolute Gasteiger partial charge is 0.312 e. The summed E-state index contributed by atoms with van der Waals surface area (Å²) in [4.78, 5) is 45.8.